The van der Waals surface area contributed by atoms with E-state index >= 15 is 0 Å². The number of hydrogen-bond donors (Lipinski definition) is 2. The van der Waals surface area contributed by atoms with E-state index in [9.17, 15) is 9.59 Å². The van der Waals surface area contributed by atoms with Crippen molar-refractivity contribution in [1.82, 2.24) is 10.3 Å². The maximum absolute atomic E-state index is 13.1. The Balaban J connectivity index is 1.35. The minimum Gasteiger partial charge on any atom is -0.328 e. The number of benzene rings is 2. The number of anilines is 1. The summed E-state index contributed by atoms with van der Waals surface area (Å²) >= 11 is 0. The van der Waals surface area contributed by atoms with Crippen LogP contribution in [0.3, 0.4) is 0 Å². The Kier molecular flexibility index (Phi) is 5.86. The van der Waals surface area contributed by atoms with Gasteiger partial charge >= 0.3 is 0 Å². The zero-order valence-electron chi connectivity index (χ0n) is 17.6. The Morgan fingerprint density at radius 2 is 1.77 bits per heavy atom. The van der Waals surface area contributed by atoms with Gasteiger partial charge in [-0.1, -0.05) is 42.0 Å². The maximum Gasteiger partial charge on any atom is 0.271 e. The minimum absolute atomic E-state index is 0.0328. The van der Waals surface area contributed by atoms with Gasteiger partial charge in [0, 0.05) is 12.0 Å². The van der Waals surface area contributed by atoms with E-state index in [1.807, 2.05) is 36.1 Å². The van der Waals surface area contributed by atoms with Crippen LogP contribution in [0.4, 0.5) is 5.69 Å². The predicted molar refractivity (Wildman–Crippen MR) is 117 cm³/mol. The summed E-state index contributed by atoms with van der Waals surface area (Å²) in [6.07, 6.45) is 1.93. The molecule has 2 aliphatic rings. The number of nitrogens with zero attached hydrogens (tertiary/aromatic N) is 2. The van der Waals surface area contributed by atoms with Gasteiger partial charge in [0.15, 0.2) is 0 Å². The summed E-state index contributed by atoms with van der Waals surface area (Å²) in [6, 6.07) is 16.4. The second kappa shape index (κ2) is 8.71. The molecule has 30 heavy (non-hydrogen) atoms. The highest BCUT2D eigenvalue weighted by Gasteiger charge is 2.30. The average molecular weight is 406 g/mol. The van der Waals surface area contributed by atoms with Gasteiger partial charge in [-0.05, 0) is 37.6 Å². The summed E-state index contributed by atoms with van der Waals surface area (Å²) in [4.78, 5) is 28.8. The molecular formula is C24H29N4O2+. The molecule has 0 aromatic heterocycles. The molecule has 2 heterocycles. The van der Waals surface area contributed by atoms with Gasteiger partial charge in [-0.3, -0.25) is 15.0 Å². The number of piperazine rings is 1. The fourth-order valence-electron chi connectivity index (χ4n) is 3.99. The van der Waals surface area contributed by atoms with E-state index in [0.29, 0.717) is 5.70 Å². The smallest absolute Gasteiger partial charge is 0.271 e. The van der Waals surface area contributed by atoms with Crippen LogP contribution in [0.15, 0.2) is 60.3 Å². The van der Waals surface area contributed by atoms with E-state index in [2.05, 4.69) is 36.6 Å². The Morgan fingerprint density at radius 1 is 1.03 bits per heavy atom. The summed E-state index contributed by atoms with van der Waals surface area (Å²) in [7, 11) is 0. The second-order valence-corrected chi connectivity index (χ2v) is 8.21. The first-order chi connectivity index (χ1) is 14.5. The molecule has 156 valence electrons. The number of hydrazine groups is 1. The number of amides is 2. The molecule has 0 atom stereocenters. The summed E-state index contributed by atoms with van der Waals surface area (Å²) in [6.45, 7) is 8.36. The van der Waals surface area contributed by atoms with Crippen molar-refractivity contribution in [2.75, 3.05) is 31.2 Å². The maximum atomic E-state index is 13.1. The quantitative estimate of drug-likeness (QED) is 0.808. The topological polar surface area (TPSA) is 57.1 Å². The van der Waals surface area contributed by atoms with Crippen LogP contribution < -0.4 is 15.3 Å². The van der Waals surface area contributed by atoms with Crippen LogP contribution in [0.2, 0.25) is 0 Å². The normalized spacial score (nSPS) is 17.5. The first-order valence-corrected chi connectivity index (χ1v) is 10.5. The van der Waals surface area contributed by atoms with Gasteiger partial charge in [0.1, 0.15) is 12.2 Å². The number of nitrogens with one attached hydrogen (secondary N) is 2. The van der Waals surface area contributed by atoms with Crippen LogP contribution in [0.5, 0.6) is 0 Å². The first kappa shape index (κ1) is 20.2. The average Bonchev–Trinajstić information content (AvgIpc) is 2.76. The Morgan fingerprint density at radius 3 is 2.47 bits per heavy atom. The lowest BCUT2D eigenvalue weighted by molar-refractivity contribution is -0.917. The third kappa shape index (κ3) is 4.54. The van der Waals surface area contributed by atoms with Crippen molar-refractivity contribution in [3.63, 3.8) is 0 Å². The van der Waals surface area contributed by atoms with E-state index in [-0.39, 0.29) is 18.2 Å². The van der Waals surface area contributed by atoms with Crippen LogP contribution >= 0.6 is 0 Å². The number of carbonyl (C=O) groups is 2. The lowest BCUT2D eigenvalue weighted by Gasteiger charge is -2.35. The first-order valence-electron chi connectivity index (χ1n) is 10.5. The van der Waals surface area contributed by atoms with Gasteiger partial charge in [0.05, 0.1) is 31.9 Å². The predicted octanol–water partition coefficient (Wildman–Crippen LogP) is 1.36. The van der Waals surface area contributed by atoms with Gasteiger partial charge in [-0.15, -0.1) is 0 Å². The van der Waals surface area contributed by atoms with Gasteiger partial charge in [-0.2, -0.15) is 0 Å². The molecule has 0 spiro atoms. The van der Waals surface area contributed by atoms with Crippen molar-refractivity contribution < 1.29 is 14.5 Å². The van der Waals surface area contributed by atoms with Crippen LogP contribution in [0.25, 0.3) is 0 Å². The van der Waals surface area contributed by atoms with Crippen molar-refractivity contribution in [1.29, 1.82) is 0 Å². The van der Waals surface area contributed by atoms with E-state index in [1.165, 1.54) is 21.0 Å². The highest BCUT2D eigenvalue weighted by Crippen LogP contribution is 2.19. The fraction of sp³-hybridized carbons (Fsp3) is 0.333. The van der Waals surface area contributed by atoms with Crippen LogP contribution in [-0.4, -0.2) is 42.9 Å². The molecule has 6 nitrogen and oxygen atoms in total. The molecule has 2 aromatic rings. The summed E-state index contributed by atoms with van der Waals surface area (Å²) in [5.41, 5.74) is 7.96. The molecule has 2 amide bonds. The van der Waals surface area contributed by atoms with Crippen LogP contribution in [0, 0.1) is 13.8 Å². The van der Waals surface area contributed by atoms with Gasteiger partial charge in [0.2, 0.25) is 5.91 Å². The van der Waals surface area contributed by atoms with Crippen LogP contribution in [0.1, 0.15) is 23.1 Å². The Hall–Kier alpha value is -3.12. The molecule has 1 saturated heterocycles. The third-order valence-electron chi connectivity index (χ3n) is 5.79. The largest absolute Gasteiger partial charge is 0.328 e. The molecule has 0 radical (unpaired) electrons. The zero-order chi connectivity index (χ0) is 21.1. The number of carbonyl (C=O) groups excluding carboxylic acids is 2. The number of rotatable bonds is 4. The standard InChI is InChI=1S/C24H28N4O2/c1-18-6-8-20(9-7-18)17-26-12-14-27(15-13-26)24(30)22-10-11-23(29)28(25-22)21-5-3-4-19(2)16-21/h3-10,16,25H,11-15,17H2,1-2H3/p+1. The lowest BCUT2D eigenvalue weighted by atomic mass is 10.1. The zero-order valence-corrected chi connectivity index (χ0v) is 17.6. The Bertz CT molecular complexity index is 959. The molecule has 6 heteroatoms. The summed E-state index contributed by atoms with van der Waals surface area (Å²) in [5.74, 6) is -0.0981. The van der Waals surface area contributed by atoms with Crippen molar-refractivity contribution in [3.05, 3.63) is 77.0 Å². The molecule has 2 aromatic carbocycles. The molecule has 0 saturated carbocycles. The molecular weight excluding hydrogens is 376 g/mol. The molecule has 2 N–H and O–H groups in total. The SMILES string of the molecule is Cc1ccc(C[NH+]2CCN(C(=O)C3=CCC(=O)N(c4cccc(C)c4)N3)CC2)cc1. The third-order valence-corrected chi connectivity index (χ3v) is 5.79. The number of aryl methyl sites for hydroxylation is 2. The monoisotopic (exact) mass is 405 g/mol. The molecule has 4 rings (SSSR count). The highest BCUT2D eigenvalue weighted by molar-refractivity contribution is 6.01. The molecule has 2 aliphatic heterocycles. The van der Waals surface area contributed by atoms with E-state index in [4.69, 9.17) is 0 Å². The van der Waals surface area contributed by atoms with Crippen molar-refractivity contribution >= 4 is 17.5 Å². The van der Waals surface area contributed by atoms with Gasteiger partial charge in [0.25, 0.3) is 5.91 Å². The molecule has 0 unspecified atom stereocenters. The van der Waals surface area contributed by atoms with Crippen molar-refractivity contribution in [2.45, 2.75) is 26.8 Å². The lowest BCUT2D eigenvalue weighted by Crippen LogP contribution is -3.13. The molecule has 0 bridgehead atoms. The number of hydrogen-bond acceptors (Lipinski definition) is 3. The fourth-order valence-corrected chi connectivity index (χ4v) is 3.99. The molecule has 1 fully saturated rings. The van der Waals surface area contributed by atoms with Crippen molar-refractivity contribution in [3.8, 4) is 0 Å². The van der Waals surface area contributed by atoms with Gasteiger partial charge in [-0.25, -0.2) is 5.01 Å². The van der Waals surface area contributed by atoms with E-state index < -0.39 is 0 Å². The second-order valence-electron chi connectivity index (χ2n) is 8.21. The number of quaternary nitrogens is 1. The summed E-state index contributed by atoms with van der Waals surface area (Å²) in [5, 5.41) is 1.49. The minimum atomic E-state index is -0.0653. The van der Waals surface area contributed by atoms with Crippen molar-refractivity contribution in [2.24, 2.45) is 0 Å². The molecule has 0 aliphatic carbocycles. The Labute approximate surface area is 177 Å². The van der Waals surface area contributed by atoms with E-state index in [0.717, 1.165) is 44.0 Å². The van der Waals surface area contributed by atoms with Gasteiger partial charge < -0.3 is 9.80 Å². The highest BCUT2D eigenvalue weighted by atomic mass is 16.2. The summed E-state index contributed by atoms with van der Waals surface area (Å²) < 4.78 is 0. The van der Waals surface area contributed by atoms with Crippen LogP contribution in [-0.2, 0) is 16.1 Å². The van der Waals surface area contributed by atoms with E-state index in [1.54, 1.807) is 6.08 Å².